The lowest BCUT2D eigenvalue weighted by Gasteiger charge is -2.48. The highest BCUT2D eigenvalue weighted by molar-refractivity contribution is 6.04. The number of aryl methyl sites for hydroxylation is 1. The van der Waals surface area contributed by atoms with Gasteiger partial charge >= 0.3 is 5.96 Å². The van der Waals surface area contributed by atoms with Crippen LogP contribution < -0.4 is 20.0 Å². The monoisotopic (exact) mass is 425 g/mol. The standard InChI is InChI=1S/C23H30FN6O/c1-16-14-17(24)6-11-20(16)30(4)21(25)26-22(27-30)28-12-13-29(23(2,3)15-28)18-7-9-19(31-5)10-8-18/h6-11,14H,12-13,15H2,1-5H3,(H2,25,26,27)/q+1. The van der Waals surface area contributed by atoms with Crippen LogP contribution in [0.2, 0.25) is 0 Å². The zero-order valence-electron chi connectivity index (χ0n) is 18.8. The molecule has 4 rings (SSSR count). The van der Waals surface area contributed by atoms with E-state index in [0.717, 1.165) is 42.3 Å². The molecule has 8 heteroatoms. The van der Waals surface area contributed by atoms with Crippen molar-refractivity contribution in [3.05, 3.63) is 53.8 Å². The number of nitrogens with two attached hydrogens (primary N) is 1. The maximum atomic E-state index is 13.6. The zero-order chi connectivity index (χ0) is 22.4. The number of hydrogen-bond donors (Lipinski definition) is 1. The molecule has 2 aliphatic heterocycles. The van der Waals surface area contributed by atoms with E-state index in [9.17, 15) is 4.39 Å². The second-order valence-corrected chi connectivity index (χ2v) is 8.84. The van der Waals surface area contributed by atoms with Gasteiger partial charge in [0.05, 0.1) is 12.6 Å². The molecule has 0 amide bonds. The molecule has 31 heavy (non-hydrogen) atoms. The average molecular weight is 426 g/mol. The summed E-state index contributed by atoms with van der Waals surface area (Å²) in [4.78, 5) is 9.17. The first-order chi connectivity index (χ1) is 14.6. The molecule has 0 bridgehead atoms. The van der Waals surface area contributed by atoms with Crippen molar-refractivity contribution in [2.75, 3.05) is 38.7 Å². The summed E-state index contributed by atoms with van der Waals surface area (Å²) in [5.41, 5.74) is 8.94. The van der Waals surface area contributed by atoms with Crippen LogP contribution in [0.4, 0.5) is 15.8 Å². The van der Waals surface area contributed by atoms with Crippen LogP contribution >= 0.6 is 0 Å². The lowest BCUT2D eigenvalue weighted by molar-refractivity contribution is 0.262. The normalized spacial score (nSPS) is 22.9. The van der Waals surface area contributed by atoms with Crippen LogP contribution in [0.5, 0.6) is 5.75 Å². The molecule has 164 valence electrons. The highest BCUT2D eigenvalue weighted by atomic mass is 19.1. The molecular weight excluding hydrogens is 395 g/mol. The van der Waals surface area contributed by atoms with E-state index in [4.69, 9.17) is 15.6 Å². The number of piperazine rings is 1. The molecule has 2 aromatic carbocycles. The summed E-state index contributed by atoms with van der Waals surface area (Å²) in [6.07, 6.45) is 0. The van der Waals surface area contributed by atoms with Crippen molar-refractivity contribution < 1.29 is 9.13 Å². The number of anilines is 1. The van der Waals surface area contributed by atoms with E-state index in [1.807, 2.05) is 26.1 Å². The molecule has 1 fully saturated rings. The third-order valence-corrected chi connectivity index (χ3v) is 6.15. The van der Waals surface area contributed by atoms with E-state index in [1.165, 1.54) is 12.1 Å². The van der Waals surface area contributed by atoms with Crippen LogP contribution in [0.15, 0.2) is 52.6 Å². The van der Waals surface area contributed by atoms with E-state index in [1.54, 1.807) is 13.2 Å². The fraction of sp³-hybridized carbons (Fsp3) is 0.391. The number of ether oxygens (including phenoxy) is 1. The Labute approximate surface area is 182 Å². The fourth-order valence-electron chi connectivity index (χ4n) is 4.44. The van der Waals surface area contributed by atoms with Gasteiger partial charge in [-0.1, -0.05) is 0 Å². The minimum absolute atomic E-state index is 0.000565. The molecule has 0 aromatic heterocycles. The van der Waals surface area contributed by atoms with E-state index in [2.05, 4.69) is 40.8 Å². The average Bonchev–Trinajstić information content (AvgIpc) is 3.02. The van der Waals surface area contributed by atoms with Crippen LogP contribution in [0.1, 0.15) is 19.4 Å². The predicted octanol–water partition coefficient (Wildman–Crippen LogP) is 3.28. The van der Waals surface area contributed by atoms with Crippen LogP contribution in [0.25, 0.3) is 0 Å². The van der Waals surface area contributed by atoms with Crippen LogP contribution in [-0.2, 0) is 0 Å². The van der Waals surface area contributed by atoms with Crippen LogP contribution in [-0.4, -0.2) is 56.1 Å². The second-order valence-electron chi connectivity index (χ2n) is 8.84. The molecule has 1 unspecified atom stereocenters. The van der Waals surface area contributed by atoms with Gasteiger partial charge in [-0.25, -0.2) is 4.39 Å². The maximum absolute atomic E-state index is 13.6. The number of hydrogen-bond acceptors (Lipinski definition) is 6. The number of rotatable bonds is 3. The van der Waals surface area contributed by atoms with Crippen molar-refractivity contribution in [3.8, 4) is 5.75 Å². The van der Waals surface area contributed by atoms with Gasteiger partial charge in [0.1, 0.15) is 18.6 Å². The Morgan fingerprint density at radius 3 is 2.45 bits per heavy atom. The van der Waals surface area contributed by atoms with Crippen molar-refractivity contribution in [1.29, 1.82) is 0 Å². The smallest absolute Gasteiger partial charge is 0.335 e. The highest BCUT2D eigenvalue weighted by Gasteiger charge is 2.43. The lowest BCUT2D eigenvalue weighted by atomic mass is 9.98. The molecular formula is C23H30FN6O+. The summed E-state index contributed by atoms with van der Waals surface area (Å²) in [5.74, 6) is 1.56. The van der Waals surface area contributed by atoms with E-state index in [-0.39, 0.29) is 15.9 Å². The molecule has 1 atom stereocenters. The summed E-state index contributed by atoms with van der Waals surface area (Å²) in [6, 6.07) is 12.8. The van der Waals surface area contributed by atoms with Gasteiger partial charge < -0.3 is 20.3 Å². The first kappa shape index (κ1) is 21.1. The molecule has 2 heterocycles. The maximum Gasteiger partial charge on any atom is 0.335 e. The van der Waals surface area contributed by atoms with Gasteiger partial charge in [-0.15, -0.1) is 9.58 Å². The number of nitrogens with zero attached hydrogens (tertiary/aromatic N) is 5. The number of quaternary nitrogens is 1. The molecule has 0 aliphatic carbocycles. The number of benzene rings is 2. The summed E-state index contributed by atoms with van der Waals surface area (Å²) in [7, 11) is 3.55. The molecule has 2 aliphatic rings. The van der Waals surface area contributed by atoms with E-state index >= 15 is 0 Å². The van der Waals surface area contributed by atoms with Gasteiger partial charge in [0.2, 0.25) is 0 Å². The van der Waals surface area contributed by atoms with E-state index < -0.39 is 0 Å². The summed E-state index contributed by atoms with van der Waals surface area (Å²) in [6.45, 7) is 8.63. The molecule has 2 aromatic rings. The van der Waals surface area contributed by atoms with Gasteiger partial charge in [0.25, 0.3) is 5.96 Å². The first-order valence-corrected chi connectivity index (χ1v) is 10.4. The minimum atomic E-state index is -0.275. The van der Waals surface area contributed by atoms with Crippen LogP contribution in [0, 0.1) is 12.7 Å². The molecule has 2 N–H and O–H groups in total. The van der Waals surface area contributed by atoms with Crippen molar-refractivity contribution in [3.63, 3.8) is 0 Å². The topological polar surface area (TPSA) is 66.5 Å². The lowest BCUT2D eigenvalue weighted by Crippen LogP contribution is -2.60. The largest absolute Gasteiger partial charge is 0.497 e. The highest BCUT2D eigenvalue weighted by Crippen LogP contribution is 2.33. The predicted molar refractivity (Wildman–Crippen MR) is 124 cm³/mol. The Morgan fingerprint density at radius 2 is 1.84 bits per heavy atom. The number of aliphatic imine (C=N–C) groups is 1. The molecule has 0 radical (unpaired) electrons. The second kappa shape index (κ2) is 7.53. The van der Waals surface area contributed by atoms with Gasteiger partial charge in [0.15, 0.2) is 5.69 Å². The molecule has 1 saturated heterocycles. The summed E-state index contributed by atoms with van der Waals surface area (Å²) >= 11 is 0. The van der Waals surface area contributed by atoms with Crippen molar-refractivity contribution in [1.82, 2.24) is 9.49 Å². The minimum Gasteiger partial charge on any atom is -0.497 e. The molecule has 7 nitrogen and oxygen atoms in total. The molecule has 0 spiro atoms. The number of halogens is 1. The Kier molecular flexibility index (Phi) is 5.13. The quantitative estimate of drug-likeness (QED) is 0.767. The SMILES string of the molecule is COc1ccc(N2CCN(C3=N[N+](C)(c4ccc(F)cc4C)C(N)=N3)CC2(C)C)cc1. The Morgan fingerprint density at radius 1 is 1.13 bits per heavy atom. The first-order valence-electron chi connectivity index (χ1n) is 10.4. The zero-order valence-corrected chi connectivity index (χ0v) is 18.8. The van der Waals surface area contributed by atoms with Crippen LogP contribution in [0.3, 0.4) is 0 Å². The Hall–Kier alpha value is -3.13. The van der Waals surface area contributed by atoms with Gasteiger partial charge in [-0.2, -0.15) is 0 Å². The van der Waals surface area contributed by atoms with Crippen molar-refractivity contribution in [2.45, 2.75) is 26.3 Å². The van der Waals surface area contributed by atoms with Crippen molar-refractivity contribution in [2.24, 2.45) is 15.8 Å². The Bertz CT molecular complexity index is 1050. The number of guanidine groups is 2. The summed E-state index contributed by atoms with van der Waals surface area (Å²) in [5, 5.41) is 4.87. The van der Waals surface area contributed by atoms with Gasteiger partial charge in [-0.05, 0) is 62.3 Å². The Balaban J connectivity index is 1.58. The third-order valence-electron chi connectivity index (χ3n) is 6.15. The third kappa shape index (κ3) is 3.72. The van der Waals surface area contributed by atoms with Gasteiger partial charge in [0, 0.05) is 37.0 Å². The summed E-state index contributed by atoms with van der Waals surface area (Å²) < 4.78 is 18.9. The fourth-order valence-corrected chi connectivity index (χ4v) is 4.44. The molecule has 0 saturated carbocycles. The van der Waals surface area contributed by atoms with Crippen molar-refractivity contribution >= 4 is 23.3 Å². The number of methoxy groups -OCH3 is 1. The van der Waals surface area contributed by atoms with E-state index in [0.29, 0.717) is 11.9 Å². The van der Waals surface area contributed by atoms with Gasteiger partial charge in [-0.3, -0.25) is 0 Å².